The molecule has 0 aliphatic heterocycles. The third-order valence-electron chi connectivity index (χ3n) is 2.00. The van der Waals surface area contributed by atoms with Gasteiger partial charge in [-0.1, -0.05) is 37.3 Å². The zero-order valence-electron chi connectivity index (χ0n) is 9.09. The lowest BCUT2D eigenvalue weighted by atomic mass is 10.1. The van der Waals surface area contributed by atoms with E-state index in [-0.39, 0.29) is 0 Å². The number of rotatable bonds is 6. The number of nitrogens with zero attached hydrogens (tertiary/aromatic N) is 1. The molecule has 0 saturated carbocycles. The second-order valence-electron chi connectivity index (χ2n) is 3.13. The predicted molar refractivity (Wildman–Crippen MR) is 60.6 cm³/mol. The first-order chi connectivity index (χ1) is 6.24. The largest absolute Gasteiger partial charge is 0.380 e. The van der Waals surface area contributed by atoms with E-state index in [0.29, 0.717) is 0 Å². The predicted octanol–water partition coefficient (Wildman–Crippen LogP) is 3.36. The highest BCUT2D eigenvalue weighted by molar-refractivity contribution is 5.10. The van der Waals surface area contributed by atoms with Crippen molar-refractivity contribution in [3.63, 3.8) is 0 Å². The zero-order valence-corrected chi connectivity index (χ0v) is 9.09. The van der Waals surface area contributed by atoms with E-state index in [1.54, 1.807) is 0 Å². The van der Waals surface area contributed by atoms with Crippen molar-refractivity contribution in [3.8, 4) is 0 Å². The van der Waals surface area contributed by atoms with Gasteiger partial charge in [0.1, 0.15) is 0 Å². The Morgan fingerprint density at radius 2 is 2.15 bits per heavy atom. The molecule has 0 saturated heterocycles. The normalized spacial score (nSPS) is 12.1. The monoisotopic (exact) mass is 179 g/mol. The lowest BCUT2D eigenvalue weighted by molar-refractivity contribution is 0.457. The highest BCUT2D eigenvalue weighted by Crippen LogP contribution is 2.07. The molecule has 0 rings (SSSR count). The van der Waals surface area contributed by atoms with E-state index in [4.69, 9.17) is 0 Å². The van der Waals surface area contributed by atoms with E-state index < -0.39 is 0 Å². The van der Waals surface area contributed by atoms with Gasteiger partial charge in [0.05, 0.1) is 0 Å². The fraction of sp³-hybridized carbons (Fsp3) is 0.500. The summed E-state index contributed by atoms with van der Waals surface area (Å²) < 4.78 is 0. The molecule has 1 heteroatoms. The molecule has 0 amide bonds. The molecule has 0 aromatic carbocycles. The van der Waals surface area contributed by atoms with E-state index in [0.717, 1.165) is 19.4 Å². The molecule has 0 atom stereocenters. The molecule has 0 N–H and O–H groups in total. The minimum atomic E-state index is 1.08. The van der Waals surface area contributed by atoms with E-state index in [1.165, 1.54) is 5.57 Å². The molecule has 0 aliphatic rings. The molecule has 0 aromatic rings. The summed E-state index contributed by atoms with van der Waals surface area (Å²) in [7, 11) is 2.10. The van der Waals surface area contributed by atoms with Crippen molar-refractivity contribution in [2.45, 2.75) is 26.7 Å². The van der Waals surface area contributed by atoms with E-state index >= 15 is 0 Å². The van der Waals surface area contributed by atoms with Gasteiger partial charge in [0, 0.05) is 13.6 Å². The van der Waals surface area contributed by atoms with Crippen LogP contribution in [0, 0.1) is 0 Å². The molecule has 0 unspecified atom stereocenters. The Labute approximate surface area is 82.4 Å². The van der Waals surface area contributed by atoms with Crippen LogP contribution in [0.5, 0.6) is 0 Å². The summed E-state index contributed by atoms with van der Waals surface area (Å²) in [5.41, 5.74) is 1.46. The topological polar surface area (TPSA) is 3.24 Å². The molecule has 1 nitrogen and oxygen atoms in total. The van der Waals surface area contributed by atoms with Gasteiger partial charge in [0.15, 0.2) is 0 Å². The van der Waals surface area contributed by atoms with Gasteiger partial charge in [-0.25, -0.2) is 0 Å². The minimum Gasteiger partial charge on any atom is -0.380 e. The molecular weight excluding hydrogens is 158 g/mol. The number of hydrogen-bond acceptors (Lipinski definition) is 1. The Bertz CT molecular complexity index is 189. The van der Waals surface area contributed by atoms with Gasteiger partial charge in [-0.2, -0.15) is 0 Å². The number of hydrogen-bond donors (Lipinski definition) is 0. The van der Waals surface area contributed by atoms with Gasteiger partial charge >= 0.3 is 0 Å². The Balaban J connectivity index is 3.84. The molecule has 0 bridgehead atoms. The van der Waals surface area contributed by atoms with E-state index in [1.807, 2.05) is 13.0 Å². The van der Waals surface area contributed by atoms with Gasteiger partial charge in [0.25, 0.3) is 0 Å². The Morgan fingerprint density at radius 3 is 2.62 bits per heavy atom. The summed E-state index contributed by atoms with van der Waals surface area (Å²) >= 11 is 0. The summed E-state index contributed by atoms with van der Waals surface area (Å²) in [5, 5.41) is 0. The van der Waals surface area contributed by atoms with Crippen LogP contribution in [0.4, 0.5) is 0 Å². The summed E-state index contributed by atoms with van der Waals surface area (Å²) in [5.74, 6) is 0. The lowest BCUT2D eigenvalue weighted by Gasteiger charge is -2.14. The zero-order chi connectivity index (χ0) is 10.1. The van der Waals surface area contributed by atoms with Crippen LogP contribution in [0.1, 0.15) is 26.7 Å². The SMILES string of the molecule is C=C/C=C(\CC)CCN(C)/C=C\C. The van der Waals surface area contributed by atoms with Crippen LogP contribution in [0.25, 0.3) is 0 Å². The summed E-state index contributed by atoms with van der Waals surface area (Å²) in [6, 6.07) is 0. The Morgan fingerprint density at radius 1 is 1.46 bits per heavy atom. The van der Waals surface area contributed by atoms with Crippen molar-refractivity contribution >= 4 is 0 Å². The van der Waals surface area contributed by atoms with Crippen LogP contribution in [0.2, 0.25) is 0 Å². The van der Waals surface area contributed by atoms with E-state index in [9.17, 15) is 0 Å². The Kier molecular flexibility index (Phi) is 7.08. The molecule has 0 radical (unpaired) electrons. The van der Waals surface area contributed by atoms with Crippen molar-refractivity contribution in [1.82, 2.24) is 4.90 Å². The quantitative estimate of drug-likeness (QED) is 0.565. The highest BCUT2D eigenvalue weighted by Gasteiger charge is 1.95. The van der Waals surface area contributed by atoms with Crippen LogP contribution in [0.15, 0.2) is 36.6 Å². The second-order valence-corrected chi connectivity index (χ2v) is 3.13. The second kappa shape index (κ2) is 7.66. The van der Waals surface area contributed by atoms with Crippen molar-refractivity contribution in [3.05, 3.63) is 36.6 Å². The third-order valence-corrected chi connectivity index (χ3v) is 2.00. The van der Waals surface area contributed by atoms with Crippen LogP contribution in [-0.2, 0) is 0 Å². The molecular formula is C12H21N. The molecule has 0 spiro atoms. The van der Waals surface area contributed by atoms with Gasteiger partial charge in [-0.3, -0.25) is 0 Å². The van der Waals surface area contributed by atoms with Gasteiger partial charge < -0.3 is 4.90 Å². The fourth-order valence-electron chi connectivity index (χ4n) is 1.19. The fourth-order valence-corrected chi connectivity index (χ4v) is 1.19. The Hall–Kier alpha value is -0.980. The lowest BCUT2D eigenvalue weighted by Crippen LogP contribution is -2.12. The summed E-state index contributed by atoms with van der Waals surface area (Å²) in [6.07, 6.45) is 10.4. The maximum absolute atomic E-state index is 3.71. The number of allylic oxidation sites excluding steroid dienone is 3. The molecule has 0 aliphatic carbocycles. The van der Waals surface area contributed by atoms with Crippen LogP contribution >= 0.6 is 0 Å². The maximum Gasteiger partial charge on any atom is 0.0206 e. The first kappa shape index (κ1) is 12.0. The van der Waals surface area contributed by atoms with Crippen molar-refractivity contribution in [2.75, 3.05) is 13.6 Å². The van der Waals surface area contributed by atoms with Crippen molar-refractivity contribution < 1.29 is 0 Å². The first-order valence-corrected chi connectivity index (χ1v) is 4.88. The molecule has 0 aromatic heterocycles. The third kappa shape index (κ3) is 6.21. The minimum absolute atomic E-state index is 1.08. The van der Waals surface area contributed by atoms with Crippen LogP contribution < -0.4 is 0 Å². The summed E-state index contributed by atoms with van der Waals surface area (Å²) in [6.45, 7) is 9.01. The molecule has 13 heavy (non-hydrogen) atoms. The maximum atomic E-state index is 3.71. The smallest absolute Gasteiger partial charge is 0.0206 e. The first-order valence-electron chi connectivity index (χ1n) is 4.88. The average molecular weight is 179 g/mol. The van der Waals surface area contributed by atoms with Gasteiger partial charge in [-0.05, 0) is 26.0 Å². The van der Waals surface area contributed by atoms with Crippen molar-refractivity contribution in [2.24, 2.45) is 0 Å². The van der Waals surface area contributed by atoms with Crippen LogP contribution in [-0.4, -0.2) is 18.5 Å². The van der Waals surface area contributed by atoms with E-state index in [2.05, 4.69) is 43.8 Å². The van der Waals surface area contributed by atoms with Crippen molar-refractivity contribution in [1.29, 1.82) is 0 Å². The van der Waals surface area contributed by atoms with Crippen LogP contribution in [0.3, 0.4) is 0 Å². The molecule has 74 valence electrons. The average Bonchev–Trinajstić information content (AvgIpc) is 2.12. The molecule has 0 heterocycles. The highest BCUT2D eigenvalue weighted by atomic mass is 15.1. The van der Waals surface area contributed by atoms with Gasteiger partial charge in [0.2, 0.25) is 0 Å². The summed E-state index contributed by atoms with van der Waals surface area (Å²) in [4.78, 5) is 2.20. The standard InChI is InChI=1S/C12H21N/c1-5-8-12(7-3)9-11-13(4)10-6-2/h5-6,8,10H,1,7,9,11H2,2-4H3/b10-6-,12-8+. The van der Waals surface area contributed by atoms with Gasteiger partial charge in [-0.15, -0.1) is 0 Å². The molecule has 0 fully saturated rings.